The molecule has 0 saturated heterocycles. The lowest BCUT2D eigenvalue weighted by atomic mass is 10.1. The number of ketones is 1. The molecule has 0 unspecified atom stereocenters. The van der Waals surface area contributed by atoms with E-state index < -0.39 is 17.3 Å². The van der Waals surface area contributed by atoms with Crippen LogP contribution >= 0.6 is 0 Å². The van der Waals surface area contributed by atoms with Gasteiger partial charge in [0, 0.05) is 0 Å². The molecule has 2 N–H and O–H groups in total. The van der Waals surface area contributed by atoms with Gasteiger partial charge in [-0.25, -0.2) is 9.89 Å². The molecule has 0 aliphatic heterocycles. The Hall–Kier alpha value is -1.98. The van der Waals surface area contributed by atoms with Crippen molar-refractivity contribution in [3.05, 3.63) is 27.2 Å². The van der Waals surface area contributed by atoms with E-state index >= 15 is 0 Å². The number of aromatic amines is 1. The molecule has 0 amide bonds. The highest BCUT2D eigenvalue weighted by molar-refractivity contribution is 6.04. The molecule has 6 nitrogen and oxygen atoms in total. The molecule has 0 aromatic carbocycles. The lowest BCUT2D eigenvalue weighted by molar-refractivity contribution is 0.0690. The van der Waals surface area contributed by atoms with Crippen molar-refractivity contribution in [2.45, 2.75) is 13.8 Å². The number of carboxylic acids is 1. The Labute approximate surface area is 78.6 Å². The molecule has 1 rings (SSSR count). The topological polar surface area (TPSA) is 100 Å². The number of hydrogen-bond acceptors (Lipinski definition) is 4. The summed E-state index contributed by atoms with van der Waals surface area (Å²) in [5, 5.41) is 14.3. The van der Waals surface area contributed by atoms with Crippen molar-refractivity contribution in [1.29, 1.82) is 0 Å². The maximum absolute atomic E-state index is 11.1. The second-order valence-corrected chi connectivity index (χ2v) is 2.75. The number of nitrogens with one attached hydrogen (secondary N) is 1. The summed E-state index contributed by atoms with van der Waals surface area (Å²) in [6, 6.07) is 0. The first-order valence-corrected chi connectivity index (χ1v) is 3.78. The molecule has 0 spiro atoms. The lowest BCUT2D eigenvalue weighted by Crippen LogP contribution is -2.24. The number of carbonyl (C=O) groups is 2. The summed E-state index contributed by atoms with van der Waals surface area (Å²) in [5.41, 5.74) is -1.35. The normalized spacial score (nSPS) is 9.86. The fourth-order valence-corrected chi connectivity index (χ4v) is 1.14. The predicted octanol–water partition coefficient (Wildman–Crippen LogP) is -0.0209. The van der Waals surface area contributed by atoms with E-state index in [1.165, 1.54) is 6.92 Å². The first-order chi connectivity index (χ1) is 6.45. The summed E-state index contributed by atoms with van der Waals surface area (Å²) in [5.74, 6) is -1.92. The third kappa shape index (κ3) is 1.54. The van der Waals surface area contributed by atoms with Crippen LogP contribution in [-0.4, -0.2) is 27.1 Å². The number of H-pyrrole nitrogens is 1. The molecule has 0 radical (unpaired) electrons. The lowest BCUT2D eigenvalue weighted by Gasteiger charge is -2.02. The molecular weight excluding hydrogens is 188 g/mol. The zero-order chi connectivity index (χ0) is 10.9. The van der Waals surface area contributed by atoms with Crippen LogP contribution in [-0.2, 0) is 0 Å². The molecule has 0 fully saturated rings. The Kier molecular flexibility index (Phi) is 2.46. The van der Waals surface area contributed by atoms with Gasteiger partial charge in [-0.15, -0.1) is 0 Å². The van der Waals surface area contributed by atoms with Gasteiger partial charge < -0.3 is 5.11 Å². The Bertz CT molecular complexity index is 461. The van der Waals surface area contributed by atoms with Crippen LogP contribution in [0.3, 0.4) is 0 Å². The number of aromatic nitrogens is 2. The Morgan fingerprint density at radius 1 is 1.36 bits per heavy atom. The maximum Gasteiger partial charge on any atom is 0.338 e. The zero-order valence-electron chi connectivity index (χ0n) is 7.62. The van der Waals surface area contributed by atoms with Crippen LogP contribution in [0.5, 0.6) is 0 Å². The molecule has 6 heteroatoms. The number of Topliss-reactive ketones (excluding diaryl/α,β-unsaturated/α-hetero) is 1. The van der Waals surface area contributed by atoms with Gasteiger partial charge in [0.05, 0.1) is 11.3 Å². The van der Waals surface area contributed by atoms with Gasteiger partial charge in [-0.2, -0.15) is 5.10 Å². The molecule has 74 valence electrons. The number of carboxylic acid groups (broad SMARTS) is 1. The number of hydrogen-bond donors (Lipinski definition) is 2. The van der Waals surface area contributed by atoms with E-state index in [1.54, 1.807) is 0 Å². The quantitative estimate of drug-likeness (QED) is 0.647. The van der Waals surface area contributed by atoms with Crippen molar-refractivity contribution >= 4 is 11.8 Å². The van der Waals surface area contributed by atoms with Gasteiger partial charge >= 0.3 is 5.97 Å². The second-order valence-electron chi connectivity index (χ2n) is 2.75. The third-order valence-corrected chi connectivity index (χ3v) is 1.73. The number of aryl methyl sites for hydroxylation is 1. The molecule has 0 atom stereocenters. The van der Waals surface area contributed by atoms with Crippen LogP contribution in [0, 0.1) is 6.92 Å². The maximum atomic E-state index is 11.1. The highest BCUT2D eigenvalue weighted by Crippen LogP contribution is 2.07. The van der Waals surface area contributed by atoms with Crippen LogP contribution in [0.1, 0.15) is 33.3 Å². The summed E-state index contributed by atoms with van der Waals surface area (Å²) < 4.78 is 0. The Morgan fingerprint density at radius 2 is 1.93 bits per heavy atom. The van der Waals surface area contributed by atoms with Gasteiger partial charge in [-0.05, 0) is 13.8 Å². The minimum Gasteiger partial charge on any atom is -0.478 e. The predicted molar refractivity (Wildman–Crippen MR) is 46.6 cm³/mol. The van der Waals surface area contributed by atoms with Crippen molar-refractivity contribution in [2.24, 2.45) is 0 Å². The molecule has 1 aromatic rings. The summed E-state index contributed by atoms with van der Waals surface area (Å²) >= 11 is 0. The zero-order valence-corrected chi connectivity index (χ0v) is 7.62. The minimum atomic E-state index is -1.33. The van der Waals surface area contributed by atoms with Crippen molar-refractivity contribution in [3.8, 4) is 0 Å². The molecule has 0 aliphatic carbocycles. The summed E-state index contributed by atoms with van der Waals surface area (Å²) in [6.07, 6.45) is 0. The van der Waals surface area contributed by atoms with Crippen LogP contribution in [0.2, 0.25) is 0 Å². The second kappa shape index (κ2) is 3.41. The van der Waals surface area contributed by atoms with Gasteiger partial charge in [0.15, 0.2) is 5.78 Å². The molecular formula is C8H8N2O4. The number of aromatic carboxylic acids is 1. The van der Waals surface area contributed by atoms with E-state index in [-0.39, 0.29) is 16.8 Å². The third-order valence-electron chi connectivity index (χ3n) is 1.73. The molecule has 1 aromatic heterocycles. The van der Waals surface area contributed by atoms with Crippen LogP contribution in [0.15, 0.2) is 4.79 Å². The fourth-order valence-electron chi connectivity index (χ4n) is 1.14. The van der Waals surface area contributed by atoms with Crippen molar-refractivity contribution < 1.29 is 14.7 Å². The van der Waals surface area contributed by atoms with Crippen molar-refractivity contribution in [3.63, 3.8) is 0 Å². The minimum absolute atomic E-state index is 0.113. The molecule has 0 saturated carbocycles. The highest BCUT2D eigenvalue weighted by Gasteiger charge is 2.20. The van der Waals surface area contributed by atoms with E-state index in [9.17, 15) is 14.4 Å². The van der Waals surface area contributed by atoms with Gasteiger partial charge in [-0.1, -0.05) is 0 Å². The SMILES string of the molecule is CC(=O)c1c(C(=O)O)c(C)n[nH]c1=O. The van der Waals surface area contributed by atoms with E-state index in [0.29, 0.717) is 0 Å². The van der Waals surface area contributed by atoms with Gasteiger partial charge in [0.1, 0.15) is 5.56 Å². The largest absolute Gasteiger partial charge is 0.478 e. The molecule has 0 bridgehead atoms. The number of nitrogens with zero attached hydrogens (tertiary/aromatic N) is 1. The number of rotatable bonds is 2. The average Bonchev–Trinajstić information content (AvgIpc) is 2.07. The van der Waals surface area contributed by atoms with E-state index in [1.807, 2.05) is 0 Å². The molecule has 1 heterocycles. The van der Waals surface area contributed by atoms with Crippen molar-refractivity contribution in [1.82, 2.24) is 10.2 Å². The van der Waals surface area contributed by atoms with Crippen LogP contribution in [0.4, 0.5) is 0 Å². The smallest absolute Gasteiger partial charge is 0.338 e. The highest BCUT2D eigenvalue weighted by atomic mass is 16.4. The van der Waals surface area contributed by atoms with E-state index in [2.05, 4.69) is 10.2 Å². The summed E-state index contributed by atoms with van der Waals surface area (Å²) in [6.45, 7) is 2.54. The average molecular weight is 196 g/mol. The van der Waals surface area contributed by atoms with E-state index in [4.69, 9.17) is 5.11 Å². The fraction of sp³-hybridized carbons (Fsp3) is 0.250. The van der Waals surface area contributed by atoms with Crippen LogP contribution in [0.25, 0.3) is 0 Å². The molecule has 14 heavy (non-hydrogen) atoms. The first-order valence-electron chi connectivity index (χ1n) is 3.78. The monoisotopic (exact) mass is 196 g/mol. The van der Waals surface area contributed by atoms with Crippen LogP contribution < -0.4 is 5.56 Å². The number of carbonyl (C=O) groups excluding carboxylic acids is 1. The first kappa shape index (κ1) is 10.1. The summed E-state index contributed by atoms with van der Waals surface area (Å²) in [7, 11) is 0. The van der Waals surface area contributed by atoms with Gasteiger partial charge in [-0.3, -0.25) is 9.59 Å². The van der Waals surface area contributed by atoms with E-state index in [0.717, 1.165) is 6.92 Å². The molecule has 0 aliphatic rings. The van der Waals surface area contributed by atoms with Gasteiger partial charge in [0.2, 0.25) is 0 Å². The standard InChI is InChI=1S/C8H8N2O4/c1-3-5(8(13)14)6(4(2)11)7(12)10-9-3/h1-2H3,(H,10,12)(H,13,14). The van der Waals surface area contributed by atoms with Crippen molar-refractivity contribution in [2.75, 3.05) is 0 Å². The Balaban J connectivity index is 3.67. The van der Waals surface area contributed by atoms with Gasteiger partial charge in [0.25, 0.3) is 5.56 Å². The summed E-state index contributed by atoms with van der Waals surface area (Å²) in [4.78, 5) is 32.9. The Morgan fingerprint density at radius 3 is 2.29 bits per heavy atom.